The van der Waals surface area contributed by atoms with Crippen molar-refractivity contribution in [3.05, 3.63) is 65.7 Å². The highest BCUT2D eigenvalue weighted by Gasteiger charge is 2.36. The number of carbonyl (C=O) groups excluding carboxylic acids is 2. The molecule has 1 atom stereocenters. The lowest BCUT2D eigenvalue weighted by Crippen LogP contribution is -2.42. The Morgan fingerprint density at radius 2 is 1.71 bits per heavy atom. The minimum absolute atomic E-state index is 0.0305. The van der Waals surface area contributed by atoms with E-state index in [2.05, 4.69) is 31.2 Å². The van der Waals surface area contributed by atoms with E-state index in [-0.39, 0.29) is 11.3 Å². The molecular formula is C22H25N3O3. The van der Waals surface area contributed by atoms with Gasteiger partial charge >= 0.3 is 0 Å². The molecule has 1 aliphatic heterocycles. The minimum Gasteiger partial charge on any atom is -0.444 e. The number of amides is 2. The van der Waals surface area contributed by atoms with Crippen molar-refractivity contribution in [1.29, 1.82) is 0 Å². The SMILES string of the molecule is CC(=O)N1N=C(Cc2ccccc2)OC1C(=O)Nc1ccc(C(C)(C)C)cc1. The summed E-state index contributed by atoms with van der Waals surface area (Å²) in [4.78, 5) is 24.6. The molecule has 0 bridgehead atoms. The van der Waals surface area contributed by atoms with E-state index in [1.807, 2.05) is 54.6 Å². The monoisotopic (exact) mass is 379 g/mol. The van der Waals surface area contributed by atoms with Crippen LogP contribution in [0.15, 0.2) is 59.7 Å². The molecule has 6 nitrogen and oxygen atoms in total. The van der Waals surface area contributed by atoms with Crippen LogP contribution in [0.5, 0.6) is 0 Å². The first kappa shape index (κ1) is 19.6. The molecule has 1 aliphatic rings. The van der Waals surface area contributed by atoms with Crippen molar-refractivity contribution in [2.45, 2.75) is 45.8 Å². The van der Waals surface area contributed by atoms with Crippen LogP contribution < -0.4 is 5.32 Å². The molecule has 28 heavy (non-hydrogen) atoms. The summed E-state index contributed by atoms with van der Waals surface area (Å²) in [6.07, 6.45) is -0.701. The Hall–Kier alpha value is -3.15. The van der Waals surface area contributed by atoms with Gasteiger partial charge in [-0.25, -0.2) is 0 Å². The van der Waals surface area contributed by atoms with Crippen molar-refractivity contribution in [3.63, 3.8) is 0 Å². The first-order valence-corrected chi connectivity index (χ1v) is 9.23. The lowest BCUT2D eigenvalue weighted by molar-refractivity contribution is -0.143. The lowest BCUT2D eigenvalue weighted by atomic mass is 9.87. The predicted octanol–water partition coefficient (Wildman–Crippen LogP) is 3.68. The fourth-order valence-electron chi connectivity index (χ4n) is 2.88. The number of rotatable bonds is 4. The summed E-state index contributed by atoms with van der Waals surface area (Å²) < 4.78 is 5.69. The molecule has 0 fully saturated rings. The van der Waals surface area contributed by atoms with E-state index in [0.717, 1.165) is 10.6 Å². The molecule has 2 aromatic rings. The van der Waals surface area contributed by atoms with Crippen molar-refractivity contribution in [3.8, 4) is 0 Å². The number of carbonyl (C=O) groups is 2. The molecule has 0 aromatic heterocycles. The fraction of sp³-hybridized carbons (Fsp3) is 0.318. The molecule has 0 aliphatic carbocycles. The quantitative estimate of drug-likeness (QED) is 0.881. The van der Waals surface area contributed by atoms with Gasteiger partial charge in [0.2, 0.25) is 11.8 Å². The Labute approximate surface area is 165 Å². The van der Waals surface area contributed by atoms with Gasteiger partial charge in [-0.3, -0.25) is 9.59 Å². The second kappa shape index (κ2) is 7.84. The molecule has 0 saturated carbocycles. The topological polar surface area (TPSA) is 71.0 Å². The van der Waals surface area contributed by atoms with Crippen LogP contribution in [0.4, 0.5) is 5.69 Å². The number of nitrogens with one attached hydrogen (secondary N) is 1. The van der Waals surface area contributed by atoms with Gasteiger partial charge in [0.1, 0.15) is 0 Å². The van der Waals surface area contributed by atoms with Gasteiger partial charge in [-0.05, 0) is 28.7 Å². The van der Waals surface area contributed by atoms with Crippen LogP contribution in [0.3, 0.4) is 0 Å². The van der Waals surface area contributed by atoms with Gasteiger partial charge in [0.15, 0.2) is 0 Å². The maximum atomic E-state index is 12.7. The zero-order chi connectivity index (χ0) is 20.3. The smallest absolute Gasteiger partial charge is 0.289 e. The van der Waals surface area contributed by atoms with Crippen molar-refractivity contribution in [2.24, 2.45) is 5.10 Å². The van der Waals surface area contributed by atoms with Gasteiger partial charge in [-0.1, -0.05) is 63.2 Å². The number of benzene rings is 2. The van der Waals surface area contributed by atoms with Crippen LogP contribution in [0.2, 0.25) is 0 Å². The Kier molecular flexibility index (Phi) is 5.49. The Morgan fingerprint density at radius 3 is 2.29 bits per heavy atom. The van der Waals surface area contributed by atoms with E-state index >= 15 is 0 Å². The number of anilines is 1. The number of ether oxygens (including phenoxy) is 1. The van der Waals surface area contributed by atoms with Gasteiger partial charge < -0.3 is 10.1 Å². The van der Waals surface area contributed by atoms with Gasteiger partial charge in [-0.15, -0.1) is 5.10 Å². The summed E-state index contributed by atoms with van der Waals surface area (Å²) in [5.74, 6) is -0.457. The third-order valence-corrected chi connectivity index (χ3v) is 4.45. The van der Waals surface area contributed by atoms with Crippen molar-refractivity contribution >= 4 is 23.4 Å². The molecule has 146 valence electrons. The van der Waals surface area contributed by atoms with Crippen LogP contribution in [0.25, 0.3) is 0 Å². The van der Waals surface area contributed by atoms with Gasteiger partial charge in [0, 0.05) is 12.6 Å². The highest BCUT2D eigenvalue weighted by molar-refractivity contribution is 5.99. The molecule has 0 radical (unpaired) electrons. The van der Waals surface area contributed by atoms with Crippen molar-refractivity contribution in [1.82, 2.24) is 5.01 Å². The van der Waals surface area contributed by atoms with Crippen LogP contribution in [-0.2, 0) is 26.2 Å². The molecule has 2 aromatic carbocycles. The van der Waals surface area contributed by atoms with Crippen LogP contribution in [0, 0.1) is 0 Å². The zero-order valence-corrected chi connectivity index (χ0v) is 16.6. The van der Waals surface area contributed by atoms with E-state index in [9.17, 15) is 9.59 Å². The lowest BCUT2D eigenvalue weighted by Gasteiger charge is -2.20. The van der Waals surface area contributed by atoms with Crippen molar-refractivity contribution < 1.29 is 14.3 Å². The third-order valence-electron chi connectivity index (χ3n) is 4.45. The largest absolute Gasteiger partial charge is 0.444 e. The number of hydrazone groups is 1. The molecule has 6 heteroatoms. The molecular weight excluding hydrogens is 354 g/mol. The minimum atomic E-state index is -1.11. The molecule has 3 rings (SSSR count). The molecule has 2 amide bonds. The summed E-state index contributed by atoms with van der Waals surface area (Å²) >= 11 is 0. The number of hydrogen-bond acceptors (Lipinski definition) is 4. The number of nitrogens with zero attached hydrogens (tertiary/aromatic N) is 2. The van der Waals surface area contributed by atoms with Crippen LogP contribution >= 0.6 is 0 Å². The standard InChI is InChI=1S/C22H25N3O3/c1-15(26)25-21(28-19(24-25)14-16-8-6-5-7-9-16)20(27)23-18-12-10-17(11-13-18)22(2,3)4/h5-13,21H,14H2,1-4H3,(H,23,27). The third kappa shape index (κ3) is 4.57. The first-order chi connectivity index (χ1) is 13.2. The summed E-state index contributed by atoms with van der Waals surface area (Å²) in [5, 5.41) is 8.07. The fourth-order valence-corrected chi connectivity index (χ4v) is 2.88. The van der Waals surface area contributed by atoms with E-state index in [4.69, 9.17) is 4.74 Å². The molecule has 0 saturated heterocycles. The Bertz CT molecular complexity index is 883. The average Bonchev–Trinajstić information content (AvgIpc) is 3.06. The number of hydrogen-bond donors (Lipinski definition) is 1. The van der Waals surface area contributed by atoms with E-state index < -0.39 is 12.1 Å². The van der Waals surface area contributed by atoms with Crippen molar-refractivity contribution in [2.75, 3.05) is 5.32 Å². The maximum Gasteiger partial charge on any atom is 0.289 e. The predicted molar refractivity (Wildman–Crippen MR) is 109 cm³/mol. The normalized spacial score (nSPS) is 16.4. The van der Waals surface area contributed by atoms with Gasteiger partial charge in [-0.2, -0.15) is 5.01 Å². The molecule has 1 N–H and O–H groups in total. The Balaban J connectivity index is 1.69. The first-order valence-electron chi connectivity index (χ1n) is 9.23. The van der Waals surface area contributed by atoms with E-state index in [0.29, 0.717) is 18.0 Å². The average molecular weight is 379 g/mol. The molecule has 0 spiro atoms. The van der Waals surface area contributed by atoms with Gasteiger partial charge in [0.25, 0.3) is 12.1 Å². The van der Waals surface area contributed by atoms with E-state index in [1.165, 1.54) is 12.5 Å². The molecule has 1 heterocycles. The summed E-state index contributed by atoms with van der Waals surface area (Å²) in [6.45, 7) is 7.74. The highest BCUT2D eigenvalue weighted by atomic mass is 16.5. The van der Waals surface area contributed by atoms with E-state index in [1.54, 1.807) is 0 Å². The Morgan fingerprint density at radius 1 is 1.07 bits per heavy atom. The molecule has 1 unspecified atom stereocenters. The summed E-state index contributed by atoms with van der Waals surface area (Å²) in [5.41, 5.74) is 2.83. The highest BCUT2D eigenvalue weighted by Crippen LogP contribution is 2.24. The van der Waals surface area contributed by atoms with Gasteiger partial charge in [0.05, 0.1) is 6.42 Å². The summed E-state index contributed by atoms with van der Waals surface area (Å²) in [6, 6.07) is 17.3. The second-order valence-corrected chi connectivity index (χ2v) is 7.81. The van der Waals surface area contributed by atoms with Crippen LogP contribution in [0.1, 0.15) is 38.8 Å². The van der Waals surface area contributed by atoms with Crippen LogP contribution in [-0.4, -0.2) is 28.9 Å². The second-order valence-electron chi connectivity index (χ2n) is 7.81. The summed E-state index contributed by atoms with van der Waals surface area (Å²) in [7, 11) is 0. The zero-order valence-electron chi connectivity index (χ0n) is 16.6. The maximum absolute atomic E-state index is 12.7.